The molecule has 10 nitrogen and oxygen atoms in total. The van der Waals surface area contributed by atoms with E-state index in [-0.39, 0.29) is 29.4 Å². The average Bonchev–Trinajstić information content (AvgIpc) is 2.88. The Balaban J connectivity index is 1.51. The van der Waals surface area contributed by atoms with Gasteiger partial charge in [-0.25, -0.2) is 4.79 Å². The Bertz CT molecular complexity index is 1450. The second-order valence-corrected chi connectivity index (χ2v) is 8.74. The van der Waals surface area contributed by atoms with Crippen LogP contribution < -0.4 is 21.5 Å². The Morgan fingerprint density at radius 2 is 1.85 bits per heavy atom. The van der Waals surface area contributed by atoms with Gasteiger partial charge in [0.15, 0.2) is 0 Å². The predicted octanol–water partition coefficient (Wildman–Crippen LogP) is 4.55. The molecule has 0 aliphatic carbocycles. The molecular formula is C26H24F3N5O5. The summed E-state index contributed by atoms with van der Waals surface area (Å²) in [6.45, 7) is 2.27. The molecule has 204 valence electrons. The molecule has 4 N–H and O–H groups in total. The number of alkyl halides is 3. The van der Waals surface area contributed by atoms with Crippen LogP contribution in [0.15, 0.2) is 53.3 Å². The summed E-state index contributed by atoms with van der Waals surface area (Å²) in [4.78, 5) is 56.8. The number of fused-ring (bicyclic) bond motifs is 1. The number of ether oxygens (including phenoxy) is 1. The Hall–Kier alpha value is -4.68. The lowest BCUT2D eigenvalue weighted by atomic mass is 9.92. The van der Waals surface area contributed by atoms with Gasteiger partial charge in [-0.2, -0.15) is 18.2 Å². The number of hydrogen-bond acceptors (Lipinski definition) is 7. The normalized spacial score (nSPS) is 14.7. The molecule has 0 spiro atoms. The Morgan fingerprint density at radius 1 is 1.10 bits per heavy atom. The summed E-state index contributed by atoms with van der Waals surface area (Å²) in [6, 6.07) is 10.2. The number of carbonyl (C=O) groups excluding carboxylic acids is 3. The smallest absolute Gasteiger partial charge is 0.416 e. The zero-order chi connectivity index (χ0) is 28.2. The van der Waals surface area contributed by atoms with Gasteiger partial charge in [0, 0.05) is 17.8 Å². The average molecular weight is 544 g/mol. The summed E-state index contributed by atoms with van der Waals surface area (Å²) in [5.74, 6) is -3.32. The third kappa shape index (κ3) is 6.61. The van der Waals surface area contributed by atoms with Gasteiger partial charge in [0.1, 0.15) is 5.82 Å². The first-order valence-electron chi connectivity index (χ1n) is 12.0. The van der Waals surface area contributed by atoms with Gasteiger partial charge in [-0.15, -0.1) is 0 Å². The summed E-state index contributed by atoms with van der Waals surface area (Å²) in [6.07, 6.45) is -3.27. The summed E-state index contributed by atoms with van der Waals surface area (Å²) >= 11 is 0. The van der Waals surface area contributed by atoms with Crippen molar-refractivity contribution >= 4 is 40.9 Å². The van der Waals surface area contributed by atoms with Crippen LogP contribution in [0.3, 0.4) is 0 Å². The number of aromatic nitrogens is 2. The van der Waals surface area contributed by atoms with Crippen molar-refractivity contribution in [1.82, 2.24) is 9.97 Å². The minimum Gasteiger partial charge on any atom is -0.462 e. The van der Waals surface area contributed by atoms with E-state index in [2.05, 4.69) is 25.9 Å². The predicted molar refractivity (Wildman–Crippen MR) is 136 cm³/mol. The molecule has 0 saturated carbocycles. The van der Waals surface area contributed by atoms with E-state index >= 15 is 0 Å². The Kier molecular flexibility index (Phi) is 7.98. The van der Waals surface area contributed by atoms with E-state index in [4.69, 9.17) is 4.74 Å². The van der Waals surface area contributed by atoms with Crippen molar-refractivity contribution in [2.75, 3.05) is 22.6 Å². The number of benzene rings is 2. The molecule has 39 heavy (non-hydrogen) atoms. The molecule has 2 aromatic carbocycles. The van der Waals surface area contributed by atoms with E-state index in [0.717, 1.165) is 25.0 Å². The molecule has 2 heterocycles. The molecule has 1 aromatic heterocycles. The maximum Gasteiger partial charge on any atom is 0.416 e. The van der Waals surface area contributed by atoms with Crippen molar-refractivity contribution in [3.63, 3.8) is 0 Å². The van der Waals surface area contributed by atoms with Crippen LogP contribution in [-0.4, -0.2) is 34.4 Å². The minimum absolute atomic E-state index is 0.00189. The molecule has 1 atom stereocenters. The number of amides is 2. The lowest BCUT2D eigenvalue weighted by Crippen LogP contribution is -2.36. The molecule has 1 aliphatic heterocycles. The first kappa shape index (κ1) is 27.4. The number of hydrogen-bond donors (Lipinski definition) is 4. The molecule has 2 amide bonds. The second-order valence-electron chi connectivity index (χ2n) is 8.74. The number of aromatic amines is 1. The van der Waals surface area contributed by atoms with Crippen LogP contribution in [0.1, 0.15) is 53.6 Å². The zero-order valence-corrected chi connectivity index (χ0v) is 20.6. The van der Waals surface area contributed by atoms with Gasteiger partial charge < -0.3 is 20.7 Å². The fourth-order valence-corrected chi connectivity index (χ4v) is 3.88. The van der Waals surface area contributed by atoms with Crippen molar-refractivity contribution in [2.24, 2.45) is 0 Å². The van der Waals surface area contributed by atoms with Gasteiger partial charge in [0.05, 0.1) is 29.2 Å². The number of nitrogens with one attached hydrogen (secondary N) is 4. The number of H-pyrrole nitrogens is 1. The number of rotatable bonds is 8. The van der Waals surface area contributed by atoms with Crippen molar-refractivity contribution in [3.05, 3.63) is 75.6 Å². The Morgan fingerprint density at radius 3 is 2.54 bits per heavy atom. The number of halogens is 3. The van der Waals surface area contributed by atoms with Crippen LogP contribution in [0, 0.1) is 0 Å². The van der Waals surface area contributed by atoms with Crippen LogP contribution in [0.4, 0.5) is 36.3 Å². The summed E-state index contributed by atoms with van der Waals surface area (Å²) in [5.41, 5.74) is -1.13. The largest absolute Gasteiger partial charge is 0.462 e. The molecule has 3 aromatic rings. The summed E-state index contributed by atoms with van der Waals surface area (Å²) in [7, 11) is 0. The van der Waals surface area contributed by atoms with Gasteiger partial charge >= 0.3 is 12.1 Å². The lowest BCUT2D eigenvalue weighted by molar-refractivity contribution is -0.137. The van der Waals surface area contributed by atoms with E-state index in [1.807, 2.05) is 6.92 Å². The highest BCUT2D eigenvalue weighted by atomic mass is 19.4. The second kappa shape index (κ2) is 11.4. The first-order chi connectivity index (χ1) is 18.5. The van der Waals surface area contributed by atoms with Gasteiger partial charge in [-0.3, -0.25) is 19.4 Å². The molecular weight excluding hydrogens is 519 g/mol. The third-order valence-electron chi connectivity index (χ3n) is 5.84. The number of unbranched alkanes of at least 4 members (excludes halogenated alkanes) is 1. The molecule has 1 aliphatic rings. The quantitative estimate of drug-likeness (QED) is 0.241. The SMILES string of the molecule is CCCCOC(=O)c1ccc(NC(=O)C2CC(=O)Nc3nc(Nc4cccc(C(F)(F)F)c4)[nH]c(=O)c32)cc1. The van der Waals surface area contributed by atoms with E-state index in [1.54, 1.807) is 0 Å². The molecule has 4 rings (SSSR count). The molecule has 13 heteroatoms. The van der Waals surface area contributed by atoms with Crippen molar-refractivity contribution in [2.45, 2.75) is 38.3 Å². The molecule has 0 saturated heterocycles. The fourth-order valence-electron chi connectivity index (χ4n) is 3.88. The number of esters is 1. The first-order valence-corrected chi connectivity index (χ1v) is 12.0. The lowest BCUT2D eigenvalue weighted by Gasteiger charge is -2.23. The number of carbonyl (C=O) groups is 3. The maximum atomic E-state index is 13.0. The van der Waals surface area contributed by atoms with Crippen LogP contribution in [0.5, 0.6) is 0 Å². The van der Waals surface area contributed by atoms with Crippen molar-refractivity contribution in [1.29, 1.82) is 0 Å². The molecule has 0 bridgehead atoms. The highest BCUT2D eigenvalue weighted by molar-refractivity contribution is 6.04. The van der Waals surface area contributed by atoms with Gasteiger partial charge in [-0.05, 0) is 48.9 Å². The van der Waals surface area contributed by atoms with Crippen molar-refractivity contribution in [3.8, 4) is 0 Å². The summed E-state index contributed by atoms with van der Waals surface area (Å²) < 4.78 is 44.2. The molecule has 1 unspecified atom stereocenters. The standard InChI is InChI=1S/C26H24F3N5O5/c1-2-3-11-39-24(38)14-7-9-16(10-8-14)30-22(36)18-13-19(35)32-21-20(18)23(37)34-25(33-21)31-17-6-4-5-15(12-17)26(27,28)29/h4-10,12,18H,2-3,11,13H2,1H3,(H,30,36)(H3,31,32,33,34,35,37). The highest BCUT2D eigenvalue weighted by Crippen LogP contribution is 2.32. The summed E-state index contributed by atoms with van der Waals surface area (Å²) in [5, 5.41) is 7.63. The molecule has 0 radical (unpaired) electrons. The Labute approximate surface area is 220 Å². The topological polar surface area (TPSA) is 142 Å². The van der Waals surface area contributed by atoms with Crippen molar-refractivity contribution < 1.29 is 32.3 Å². The van der Waals surface area contributed by atoms with Crippen LogP contribution in [-0.2, 0) is 20.5 Å². The minimum atomic E-state index is -4.57. The van der Waals surface area contributed by atoms with Gasteiger partial charge in [0.25, 0.3) is 5.56 Å². The van der Waals surface area contributed by atoms with E-state index in [9.17, 15) is 32.3 Å². The van der Waals surface area contributed by atoms with E-state index in [1.165, 1.54) is 36.4 Å². The van der Waals surface area contributed by atoms with Gasteiger partial charge in [0.2, 0.25) is 17.8 Å². The van der Waals surface area contributed by atoms with E-state index < -0.39 is 41.0 Å². The van der Waals surface area contributed by atoms with E-state index in [0.29, 0.717) is 17.9 Å². The maximum absolute atomic E-state index is 13.0. The number of anilines is 4. The third-order valence-corrected chi connectivity index (χ3v) is 5.84. The van der Waals surface area contributed by atoms with Crippen LogP contribution >= 0.6 is 0 Å². The highest BCUT2D eigenvalue weighted by Gasteiger charge is 2.35. The van der Waals surface area contributed by atoms with Crippen LogP contribution in [0.2, 0.25) is 0 Å². The van der Waals surface area contributed by atoms with Crippen LogP contribution in [0.25, 0.3) is 0 Å². The fraction of sp³-hybridized carbons (Fsp3) is 0.269. The number of nitrogens with zero attached hydrogens (tertiary/aromatic N) is 1. The van der Waals surface area contributed by atoms with Gasteiger partial charge in [-0.1, -0.05) is 19.4 Å². The zero-order valence-electron chi connectivity index (χ0n) is 20.6. The monoisotopic (exact) mass is 543 g/mol. The molecule has 0 fully saturated rings.